The molecule has 0 bridgehead atoms. The summed E-state index contributed by atoms with van der Waals surface area (Å²) >= 11 is 0. The molecule has 1 fully saturated rings. The molecular formula is C24H46N2O2Si2. The molecule has 1 saturated carbocycles. The van der Waals surface area contributed by atoms with Gasteiger partial charge in [0.1, 0.15) is 0 Å². The molecule has 6 heteroatoms. The number of hydrogen-bond donors (Lipinski definition) is 1. The van der Waals surface area contributed by atoms with Gasteiger partial charge in [0.05, 0.1) is 24.1 Å². The summed E-state index contributed by atoms with van der Waals surface area (Å²) in [5, 5.41) is 0.348. The third-order valence-electron chi connectivity index (χ3n) is 7.92. The summed E-state index contributed by atoms with van der Waals surface area (Å²) in [6.45, 7) is 25.6. The molecule has 172 valence electrons. The SMILES string of the molecule is C[C@H]1C[C@H](c2ccncc2N)C[C@H](O[Si](C)(C)C(C)(C)C)[C@@H]1O[Si](C)(C)C(C)(C)C. The molecule has 30 heavy (non-hydrogen) atoms. The van der Waals surface area contributed by atoms with Crippen molar-refractivity contribution in [2.45, 2.75) is 116 Å². The summed E-state index contributed by atoms with van der Waals surface area (Å²) in [5.74, 6) is 0.803. The highest BCUT2D eigenvalue weighted by atomic mass is 28.4. The minimum atomic E-state index is -1.94. The van der Waals surface area contributed by atoms with Crippen LogP contribution in [0.5, 0.6) is 0 Å². The highest BCUT2D eigenvalue weighted by molar-refractivity contribution is 6.74. The molecule has 2 N–H and O–H groups in total. The summed E-state index contributed by atoms with van der Waals surface area (Å²) in [5.41, 5.74) is 8.32. The molecule has 0 saturated heterocycles. The van der Waals surface area contributed by atoms with E-state index in [0.29, 0.717) is 11.8 Å². The maximum Gasteiger partial charge on any atom is 0.192 e. The molecule has 0 radical (unpaired) electrons. The van der Waals surface area contributed by atoms with Crippen LogP contribution in [0.3, 0.4) is 0 Å². The Hall–Kier alpha value is -0.696. The van der Waals surface area contributed by atoms with E-state index in [4.69, 9.17) is 14.6 Å². The average molecular weight is 451 g/mol. The predicted molar refractivity (Wildman–Crippen MR) is 134 cm³/mol. The van der Waals surface area contributed by atoms with Gasteiger partial charge in [0, 0.05) is 6.20 Å². The van der Waals surface area contributed by atoms with Crippen molar-refractivity contribution in [2.75, 3.05) is 5.73 Å². The largest absolute Gasteiger partial charge is 0.411 e. The second-order valence-electron chi connectivity index (χ2n) is 12.4. The van der Waals surface area contributed by atoms with Crippen LogP contribution < -0.4 is 5.73 Å². The Bertz CT molecular complexity index is 723. The predicted octanol–water partition coefficient (Wildman–Crippen LogP) is 6.96. The monoisotopic (exact) mass is 450 g/mol. The van der Waals surface area contributed by atoms with Crippen LogP contribution in [0.2, 0.25) is 36.3 Å². The topological polar surface area (TPSA) is 57.4 Å². The maximum absolute atomic E-state index is 7.06. The van der Waals surface area contributed by atoms with Crippen molar-refractivity contribution in [1.82, 2.24) is 4.98 Å². The molecule has 0 unspecified atom stereocenters. The highest BCUT2D eigenvalue weighted by Crippen LogP contribution is 2.47. The first-order valence-electron chi connectivity index (χ1n) is 11.5. The van der Waals surface area contributed by atoms with Crippen LogP contribution in [0.25, 0.3) is 0 Å². The second kappa shape index (κ2) is 8.68. The van der Waals surface area contributed by atoms with Crippen LogP contribution in [-0.2, 0) is 8.85 Å². The van der Waals surface area contributed by atoms with E-state index in [2.05, 4.69) is 85.7 Å². The van der Waals surface area contributed by atoms with Crippen LogP contribution >= 0.6 is 0 Å². The van der Waals surface area contributed by atoms with Gasteiger partial charge < -0.3 is 14.6 Å². The van der Waals surface area contributed by atoms with Crippen molar-refractivity contribution >= 4 is 22.3 Å². The zero-order valence-electron chi connectivity index (χ0n) is 21.3. The van der Waals surface area contributed by atoms with Gasteiger partial charge in [0.15, 0.2) is 16.6 Å². The van der Waals surface area contributed by atoms with Crippen molar-refractivity contribution in [3.8, 4) is 0 Å². The first-order chi connectivity index (χ1) is 13.5. The Morgan fingerprint density at radius 1 is 0.933 bits per heavy atom. The number of nitrogens with two attached hydrogens (primary N) is 1. The van der Waals surface area contributed by atoms with Crippen molar-refractivity contribution in [2.24, 2.45) is 5.92 Å². The molecule has 0 amide bonds. The Morgan fingerprint density at radius 2 is 1.47 bits per heavy atom. The molecule has 0 spiro atoms. The highest BCUT2D eigenvalue weighted by Gasteiger charge is 2.48. The van der Waals surface area contributed by atoms with Gasteiger partial charge in [-0.25, -0.2) is 0 Å². The quantitative estimate of drug-likeness (QED) is 0.493. The summed E-state index contributed by atoms with van der Waals surface area (Å²) in [6.07, 6.45) is 5.91. The van der Waals surface area contributed by atoms with Gasteiger partial charge in [-0.1, -0.05) is 48.5 Å². The van der Waals surface area contributed by atoms with E-state index in [-0.39, 0.29) is 22.3 Å². The van der Waals surface area contributed by atoms with Crippen LogP contribution in [-0.4, -0.2) is 33.8 Å². The van der Waals surface area contributed by atoms with Gasteiger partial charge >= 0.3 is 0 Å². The van der Waals surface area contributed by atoms with Gasteiger partial charge in [-0.2, -0.15) is 0 Å². The van der Waals surface area contributed by atoms with Crippen molar-refractivity contribution in [3.63, 3.8) is 0 Å². The third-order valence-corrected chi connectivity index (χ3v) is 16.9. The third kappa shape index (κ3) is 5.56. The minimum absolute atomic E-state index is 0.0985. The Kier molecular flexibility index (Phi) is 7.40. The van der Waals surface area contributed by atoms with Gasteiger partial charge in [0.25, 0.3) is 0 Å². The van der Waals surface area contributed by atoms with Gasteiger partial charge in [0.2, 0.25) is 0 Å². The van der Waals surface area contributed by atoms with E-state index in [1.807, 2.05) is 6.20 Å². The molecule has 4 nitrogen and oxygen atoms in total. The molecular weight excluding hydrogens is 404 g/mol. The molecule has 1 aliphatic carbocycles. The second-order valence-corrected chi connectivity index (χ2v) is 21.9. The summed E-state index contributed by atoms with van der Waals surface area (Å²) in [7, 11) is -3.85. The lowest BCUT2D eigenvalue weighted by Crippen LogP contribution is -2.55. The fraction of sp³-hybridized carbons (Fsp3) is 0.792. The van der Waals surface area contributed by atoms with Crippen LogP contribution in [0.4, 0.5) is 5.69 Å². The number of nitrogens with zero attached hydrogens (tertiary/aromatic N) is 1. The normalized spacial score (nSPS) is 26.6. The molecule has 1 aromatic rings. The van der Waals surface area contributed by atoms with E-state index in [9.17, 15) is 0 Å². The fourth-order valence-corrected chi connectivity index (χ4v) is 6.64. The molecule has 0 aliphatic heterocycles. The van der Waals surface area contributed by atoms with E-state index in [0.717, 1.165) is 18.5 Å². The Labute approximate surface area is 187 Å². The molecule has 0 aromatic carbocycles. The van der Waals surface area contributed by atoms with Crippen LogP contribution in [0.1, 0.15) is 72.8 Å². The number of pyridine rings is 1. The van der Waals surface area contributed by atoms with Crippen LogP contribution in [0.15, 0.2) is 18.5 Å². The number of aromatic nitrogens is 1. The smallest absolute Gasteiger partial charge is 0.192 e. The van der Waals surface area contributed by atoms with Gasteiger partial charge in [-0.05, 0) is 72.6 Å². The van der Waals surface area contributed by atoms with E-state index in [1.54, 1.807) is 6.20 Å². The lowest BCUT2D eigenvalue weighted by atomic mass is 9.75. The lowest BCUT2D eigenvalue weighted by molar-refractivity contribution is -0.0304. The van der Waals surface area contributed by atoms with Crippen LogP contribution in [0, 0.1) is 5.92 Å². The van der Waals surface area contributed by atoms with Crippen molar-refractivity contribution in [1.29, 1.82) is 0 Å². The zero-order valence-corrected chi connectivity index (χ0v) is 23.3. The van der Waals surface area contributed by atoms with Crippen molar-refractivity contribution < 1.29 is 8.85 Å². The average Bonchev–Trinajstić information content (AvgIpc) is 2.55. The summed E-state index contributed by atoms with van der Waals surface area (Å²) in [6, 6.07) is 2.09. The number of anilines is 1. The lowest BCUT2D eigenvalue weighted by Gasteiger charge is -2.50. The number of hydrogen-bond acceptors (Lipinski definition) is 4. The molecule has 1 heterocycles. The number of rotatable bonds is 5. The number of nitrogen functional groups attached to an aromatic ring is 1. The first-order valence-corrected chi connectivity index (χ1v) is 17.3. The molecule has 2 rings (SSSR count). The van der Waals surface area contributed by atoms with Crippen molar-refractivity contribution in [3.05, 3.63) is 24.0 Å². The van der Waals surface area contributed by atoms with E-state index >= 15 is 0 Å². The van der Waals surface area contributed by atoms with Gasteiger partial charge in [-0.3, -0.25) is 4.98 Å². The molecule has 4 atom stereocenters. The summed E-state index contributed by atoms with van der Waals surface area (Å²) in [4.78, 5) is 4.19. The Morgan fingerprint density at radius 3 is 1.97 bits per heavy atom. The zero-order chi connectivity index (χ0) is 23.1. The fourth-order valence-electron chi connectivity index (χ4n) is 3.88. The van der Waals surface area contributed by atoms with E-state index < -0.39 is 16.6 Å². The standard InChI is InChI=1S/C24H46N2O2Si2/c1-17-14-18(19-12-13-26-16-20(19)25)15-21(27-29(8,9)23(2,3)4)22(17)28-30(10,11)24(5,6)7/h12-13,16-18,21-22H,14-15,25H2,1-11H3/t17-,18-,21-,22+/m0/s1. The molecule has 1 aliphatic rings. The first kappa shape index (κ1) is 25.6. The Balaban J connectivity index is 2.39. The maximum atomic E-state index is 7.06. The van der Waals surface area contributed by atoms with Gasteiger partial charge in [-0.15, -0.1) is 0 Å². The summed E-state index contributed by atoms with van der Waals surface area (Å²) < 4.78 is 14.1. The minimum Gasteiger partial charge on any atom is -0.411 e. The van der Waals surface area contributed by atoms with E-state index in [1.165, 1.54) is 5.56 Å². The molecule has 1 aromatic heterocycles.